The van der Waals surface area contributed by atoms with Gasteiger partial charge in [0.15, 0.2) is 9.84 Å². The maximum absolute atomic E-state index is 11.8. The second-order valence-corrected chi connectivity index (χ2v) is 6.07. The van der Waals surface area contributed by atoms with Gasteiger partial charge in [-0.05, 0) is 25.0 Å². The van der Waals surface area contributed by atoms with Crippen LogP contribution in [0.3, 0.4) is 0 Å². The maximum atomic E-state index is 11.8. The molecule has 2 atom stereocenters. The van der Waals surface area contributed by atoms with Crippen LogP contribution in [0.25, 0.3) is 0 Å². The predicted molar refractivity (Wildman–Crippen MR) is 57.5 cm³/mol. The van der Waals surface area contributed by atoms with Crippen molar-refractivity contribution in [1.82, 2.24) is 0 Å². The van der Waals surface area contributed by atoms with Gasteiger partial charge in [0.25, 0.3) is 0 Å². The van der Waals surface area contributed by atoms with E-state index in [9.17, 15) is 13.5 Å². The van der Waals surface area contributed by atoms with Crippen molar-refractivity contribution in [2.75, 3.05) is 5.75 Å². The Kier molecular flexibility index (Phi) is 2.56. The minimum Gasteiger partial charge on any atom is -0.393 e. The number of fused-ring (bicyclic) bond motifs is 1. The zero-order chi connectivity index (χ0) is 11.1. The van der Waals surface area contributed by atoms with E-state index in [1.807, 2.05) is 6.07 Å². The van der Waals surface area contributed by atoms with Crippen LogP contribution in [0.5, 0.6) is 0 Å². The van der Waals surface area contributed by atoms with Crippen LogP contribution in [0.1, 0.15) is 24.8 Å². The lowest BCUT2D eigenvalue weighted by molar-refractivity contribution is 0.158. The summed E-state index contributed by atoms with van der Waals surface area (Å²) < 4.78 is 23.5. The summed E-state index contributed by atoms with van der Waals surface area (Å²) in [6, 6.07) is 6.96. The van der Waals surface area contributed by atoms with Gasteiger partial charge in [-0.3, -0.25) is 0 Å². The first-order valence-electron chi connectivity index (χ1n) is 5.02. The van der Waals surface area contributed by atoms with Gasteiger partial charge in [0, 0.05) is 5.92 Å². The van der Waals surface area contributed by atoms with Crippen LogP contribution in [-0.4, -0.2) is 25.4 Å². The lowest BCUT2D eigenvalue weighted by atomic mass is 9.91. The molecule has 1 N–H and O–H groups in total. The van der Waals surface area contributed by atoms with E-state index in [-0.39, 0.29) is 11.7 Å². The Labute approximate surface area is 89.7 Å². The number of hydrogen-bond acceptors (Lipinski definition) is 3. The Morgan fingerprint density at radius 2 is 2.07 bits per heavy atom. The molecule has 1 aliphatic heterocycles. The molecular weight excluding hydrogens is 212 g/mol. The lowest BCUT2D eigenvalue weighted by Crippen LogP contribution is -2.26. The fraction of sp³-hybridized carbons (Fsp3) is 0.455. The molecule has 0 radical (unpaired) electrons. The molecule has 0 spiro atoms. The van der Waals surface area contributed by atoms with Crippen LogP contribution in [-0.2, 0) is 9.84 Å². The van der Waals surface area contributed by atoms with Crippen molar-refractivity contribution in [3.05, 3.63) is 29.8 Å². The van der Waals surface area contributed by atoms with Gasteiger partial charge < -0.3 is 5.11 Å². The minimum atomic E-state index is -3.12. The molecule has 0 bridgehead atoms. The summed E-state index contributed by atoms with van der Waals surface area (Å²) in [5.41, 5.74) is 0.763. The first-order valence-corrected chi connectivity index (χ1v) is 6.67. The van der Waals surface area contributed by atoms with Gasteiger partial charge >= 0.3 is 0 Å². The summed E-state index contributed by atoms with van der Waals surface area (Å²) in [6.45, 7) is 1.71. The summed E-state index contributed by atoms with van der Waals surface area (Å²) in [5.74, 6) is 0.0873. The number of sulfone groups is 1. The highest BCUT2D eigenvalue weighted by Crippen LogP contribution is 2.35. The van der Waals surface area contributed by atoms with Crippen molar-refractivity contribution in [2.24, 2.45) is 0 Å². The summed E-state index contributed by atoms with van der Waals surface area (Å²) in [5, 5.41) is 9.60. The van der Waals surface area contributed by atoms with Crippen molar-refractivity contribution in [3.8, 4) is 0 Å². The molecule has 82 valence electrons. The topological polar surface area (TPSA) is 54.4 Å². The molecule has 0 saturated carbocycles. The molecule has 1 aromatic carbocycles. The Bertz CT molecular complexity index is 462. The molecule has 0 amide bonds. The van der Waals surface area contributed by atoms with Gasteiger partial charge in [0.2, 0.25) is 0 Å². The highest BCUT2D eigenvalue weighted by atomic mass is 32.2. The van der Waals surface area contributed by atoms with Crippen LogP contribution < -0.4 is 0 Å². The fourth-order valence-corrected chi connectivity index (χ4v) is 3.77. The van der Waals surface area contributed by atoms with Gasteiger partial charge in [-0.1, -0.05) is 18.2 Å². The van der Waals surface area contributed by atoms with E-state index in [2.05, 4.69) is 0 Å². The van der Waals surface area contributed by atoms with Crippen molar-refractivity contribution in [3.63, 3.8) is 0 Å². The number of benzene rings is 1. The number of aliphatic hydroxyl groups excluding tert-OH is 1. The van der Waals surface area contributed by atoms with Gasteiger partial charge in [-0.15, -0.1) is 0 Å². The Morgan fingerprint density at radius 1 is 1.40 bits per heavy atom. The Morgan fingerprint density at radius 3 is 2.73 bits per heavy atom. The molecule has 2 rings (SSSR count). The van der Waals surface area contributed by atoms with Gasteiger partial charge in [-0.25, -0.2) is 8.42 Å². The monoisotopic (exact) mass is 226 g/mol. The van der Waals surface area contributed by atoms with Gasteiger partial charge in [-0.2, -0.15) is 0 Å². The average Bonchev–Trinajstić information content (AvgIpc) is 2.17. The van der Waals surface area contributed by atoms with E-state index in [4.69, 9.17) is 0 Å². The molecule has 0 saturated heterocycles. The highest BCUT2D eigenvalue weighted by Gasteiger charge is 2.31. The van der Waals surface area contributed by atoms with Crippen LogP contribution in [0.2, 0.25) is 0 Å². The summed E-state index contributed by atoms with van der Waals surface area (Å²) >= 11 is 0. The summed E-state index contributed by atoms with van der Waals surface area (Å²) in [7, 11) is -3.12. The third-order valence-corrected chi connectivity index (χ3v) is 4.75. The van der Waals surface area contributed by atoms with Crippen LogP contribution in [0, 0.1) is 0 Å². The highest BCUT2D eigenvalue weighted by molar-refractivity contribution is 7.91. The molecule has 1 heterocycles. The van der Waals surface area contributed by atoms with E-state index in [0.29, 0.717) is 11.3 Å². The van der Waals surface area contributed by atoms with E-state index in [0.717, 1.165) is 5.56 Å². The molecule has 1 aliphatic rings. The summed E-state index contributed by atoms with van der Waals surface area (Å²) in [6.07, 6.45) is 0.0125. The van der Waals surface area contributed by atoms with Gasteiger partial charge in [0.05, 0.1) is 16.8 Å². The number of aliphatic hydroxyl groups is 1. The lowest BCUT2D eigenvalue weighted by Gasteiger charge is -2.27. The molecular formula is C11H14O3S. The normalized spacial score (nSPS) is 25.6. The molecule has 3 nitrogen and oxygen atoms in total. The Balaban J connectivity index is 2.59. The molecule has 0 aromatic heterocycles. The Hall–Kier alpha value is -0.870. The number of hydrogen-bond donors (Lipinski definition) is 1. The third-order valence-electron chi connectivity index (χ3n) is 2.93. The first-order chi connectivity index (χ1) is 7.02. The quantitative estimate of drug-likeness (QED) is 0.786. The maximum Gasteiger partial charge on any atom is 0.178 e. The van der Waals surface area contributed by atoms with Gasteiger partial charge in [0.1, 0.15) is 0 Å². The van der Waals surface area contributed by atoms with E-state index < -0.39 is 15.9 Å². The zero-order valence-electron chi connectivity index (χ0n) is 8.55. The summed E-state index contributed by atoms with van der Waals surface area (Å²) in [4.78, 5) is 0.391. The minimum absolute atomic E-state index is 0.0512. The second kappa shape index (κ2) is 3.61. The SMILES string of the molecule is CC(O)C1CCS(=O)(=O)c2ccccc21. The molecule has 15 heavy (non-hydrogen) atoms. The fourth-order valence-electron chi connectivity index (χ4n) is 2.12. The van der Waals surface area contributed by atoms with Crippen molar-refractivity contribution in [2.45, 2.75) is 30.3 Å². The molecule has 2 unspecified atom stereocenters. The molecule has 1 aromatic rings. The smallest absolute Gasteiger partial charge is 0.178 e. The van der Waals surface area contributed by atoms with Crippen molar-refractivity contribution >= 4 is 9.84 Å². The van der Waals surface area contributed by atoms with Crippen LogP contribution >= 0.6 is 0 Å². The molecule has 0 aliphatic carbocycles. The standard InChI is InChI=1S/C11H14O3S/c1-8(12)9-6-7-15(13,14)11-5-3-2-4-10(9)11/h2-5,8-9,12H,6-7H2,1H3. The van der Waals surface area contributed by atoms with E-state index >= 15 is 0 Å². The van der Waals surface area contributed by atoms with Crippen molar-refractivity contribution < 1.29 is 13.5 Å². The third kappa shape index (κ3) is 1.79. The predicted octanol–water partition coefficient (Wildman–Crippen LogP) is 1.33. The average molecular weight is 226 g/mol. The van der Waals surface area contributed by atoms with Crippen molar-refractivity contribution in [1.29, 1.82) is 0 Å². The zero-order valence-corrected chi connectivity index (χ0v) is 9.37. The second-order valence-electron chi connectivity index (χ2n) is 3.99. The molecule has 4 heteroatoms. The van der Waals surface area contributed by atoms with Crippen LogP contribution in [0.4, 0.5) is 0 Å². The van der Waals surface area contributed by atoms with E-state index in [1.54, 1.807) is 25.1 Å². The first kappa shape index (κ1) is 10.6. The molecule has 0 fully saturated rings. The largest absolute Gasteiger partial charge is 0.393 e. The number of rotatable bonds is 1. The van der Waals surface area contributed by atoms with Crippen LogP contribution in [0.15, 0.2) is 29.2 Å². The van der Waals surface area contributed by atoms with E-state index in [1.165, 1.54) is 0 Å².